The molecule has 2 N–H and O–H groups in total. The molecule has 1 fully saturated rings. The first-order chi connectivity index (χ1) is 8.69. The molecule has 0 saturated carbocycles. The first-order valence-corrected chi connectivity index (χ1v) is 7.06. The number of amides is 3. The van der Waals surface area contributed by atoms with Gasteiger partial charge in [-0.25, -0.2) is 4.79 Å². The summed E-state index contributed by atoms with van der Waals surface area (Å²) in [7, 11) is 0. The Balaban J connectivity index is 2.46. The number of likely N-dealkylation sites (tertiary alicyclic amines) is 1. The van der Waals surface area contributed by atoms with Crippen LogP contribution in [0.5, 0.6) is 0 Å². The van der Waals surface area contributed by atoms with E-state index in [1.807, 2.05) is 27.7 Å². The highest BCUT2D eigenvalue weighted by Crippen LogP contribution is 2.17. The van der Waals surface area contributed by atoms with Crippen molar-refractivity contribution in [3.63, 3.8) is 0 Å². The smallest absolute Gasteiger partial charge is 0.321 e. The molecule has 0 radical (unpaired) electrons. The van der Waals surface area contributed by atoms with Crippen LogP contribution in [0.25, 0.3) is 0 Å². The zero-order valence-corrected chi connectivity index (χ0v) is 12.7. The van der Waals surface area contributed by atoms with Crippen molar-refractivity contribution in [2.24, 2.45) is 5.92 Å². The second kappa shape index (κ2) is 6.37. The minimum Gasteiger partial charge on any atom is -0.333 e. The first-order valence-electron chi connectivity index (χ1n) is 7.06. The van der Waals surface area contributed by atoms with E-state index in [9.17, 15) is 9.59 Å². The molecule has 0 aromatic rings. The number of carbonyl (C=O) groups is 2. The van der Waals surface area contributed by atoms with Crippen molar-refractivity contribution in [1.29, 1.82) is 0 Å². The van der Waals surface area contributed by atoms with Crippen LogP contribution in [-0.2, 0) is 4.79 Å². The Bertz CT molecular complexity index is 336. The number of nitrogens with zero attached hydrogens (tertiary/aromatic N) is 1. The Morgan fingerprint density at radius 1 is 1.32 bits per heavy atom. The van der Waals surface area contributed by atoms with Gasteiger partial charge in [0.1, 0.15) is 0 Å². The minimum absolute atomic E-state index is 0.226. The molecular formula is C14H27N3O2. The fraction of sp³-hybridized carbons (Fsp3) is 0.857. The van der Waals surface area contributed by atoms with E-state index in [1.54, 1.807) is 0 Å². The van der Waals surface area contributed by atoms with E-state index in [2.05, 4.69) is 22.5 Å². The maximum Gasteiger partial charge on any atom is 0.321 e. The quantitative estimate of drug-likeness (QED) is 0.802. The highest BCUT2D eigenvalue weighted by atomic mass is 16.2. The van der Waals surface area contributed by atoms with Gasteiger partial charge >= 0.3 is 6.03 Å². The van der Waals surface area contributed by atoms with Crippen LogP contribution < -0.4 is 10.6 Å². The molecule has 110 valence electrons. The van der Waals surface area contributed by atoms with Gasteiger partial charge in [0.2, 0.25) is 5.91 Å². The Kier molecular flexibility index (Phi) is 5.35. The van der Waals surface area contributed by atoms with Crippen molar-refractivity contribution in [1.82, 2.24) is 15.5 Å². The summed E-state index contributed by atoms with van der Waals surface area (Å²) >= 11 is 0. The average molecular weight is 269 g/mol. The SMILES string of the molecule is CC1CCCN(C(C)C(=O)NC(=O)NC(C)(C)C)C1. The molecule has 3 amide bonds. The highest BCUT2D eigenvalue weighted by molar-refractivity contribution is 5.97. The van der Waals surface area contributed by atoms with Crippen LogP contribution >= 0.6 is 0 Å². The van der Waals surface area contributed by atoms with Gasteiger partial charge in [0.15, 0.2) is 0 Å². The second-order valence-corrected chi connectivity index (χ2v) is 6.61. The summed E-state index contributed by atoms with van der Waals surface area (Å²) in [6.45, 7) is 11.6. The Hall–Kier alpha value is -1.10. The summed E-state index contributed by atoms with van der Waals surface area (Å²) in [5, 5.41) is 5.14. The van der Waals surface area contributed by atoms with Crippen LogP contribution in [0.4, 0.5) is 4.79 Å². The lowest BCUT2D eigenvalue weighted by Crippen LogP contribution is -2.54. The summed E-state index contributed by atoms with van der Waals surface area (Å²) in [6, 6.07) is -0.678. The van der Waals surface area contributed by atoms with Crippen molar-refractivity contribution < 1.29 is 9.59 Å². The van der Waals surface area contributed by atoms with Crippen molar-refractivity contribution >= 4 is 11.9 Å². The van der Waals surface area contributed by atoms with Crippen LogP contribution in [0.15, 0.2) is 0 Å². The van der Waals surface area contributed by atoms with Crippen molar-refractivity contribution in [2.45, 2.75) is 59.0 Å². The molecule has 2 atom stereocenters. The summed E-state index contributed by atoms with van der Waals surface area (Å²) in [4.78, 5) is 25.8. The zero-order valence-electron chi connectivity index (χ0n) is 12.7. The van der Waals surface area contributed by atoms with Gasteiger partial charge < -0.3 is 5.32 Å². The van der Waals surface area contributed by atoms with Gasteiger partial charge in [-0.3, -0.25) is 15.0 Å². The zero-order chi connectivity index (χ0) is 14.6. The van der Waals surface area contributed by atoms with Gasteiger partial charge in [-0.15, -0.1) is 0 Å². The number of hydrogen-bond acceptors (Lipinski definition) is 3. The van der Waals surface area contributed by atoms with E-state index < -0.39 is 6.03 Å². The first kappa shape index (κ1) is 16.0. The standard InChI is InChI=1S/C14H27N3O2/c1-10-7-6-8-17(9-10)11(2)12(18)15-13(19)16-14(3,4)5/h10-11H,6-9H2,1-5H3,(H2,15,16,18,19). The third kappa shape index (κ3) is 5.59. The molecule has 1 rings (SSSR count). The molecule has 1 aliphatic heterocycles. The van der Waals surface area contributed by atoms with Gasteiger partial charge in [-0.05, 0) is 53.0 Å². The molecule has 0 aliphatic carbocycles. The Morgan fingerprint density at radius 3 is 2.47 bits per heavy atom. The number of hydrogen-bond donors (Lipinski definition) is 2. The maximum absolute atomic E-state index is 12.0. The van der Waals surface area contributed by atoms with Gasteiger partial charge in [0, 0.05) is 12.1 Å². The molecule has 0 bridgehead atoms. The molecule has 1 aliphatic rings. The number of urea groups is 1. The van der Waals surface area contributed by atoms with E-state index in [1.165, 1.54) is 6.42 Å². The van der Waals surface area contributed by atoms with E-state index in [0.29, 0.717) is 5.92 Å². The average Bonchev–Trinajstić information content (AvgIpc) is 2.25. The molecule has 1 heterocycles. The van der Waals surface area contributed by atoms with Gasteiger partial charge in [0.25, 0.3) is 0 Å². The third-order valence-electron chi connectivity index (χ3n) is 3.34. The minimum atomic E-state index is -0.422. The van der Waals surface area contributed by atoms with E-state index in [4.69, 9.17) is 0 Å². The fourth-order valence-electron chi connectivity index (χ4n) is 2.33. The lowest BCUT2D eigenvalue weighted by Gasteiger charge is -2.34. The lowest BCUT2D eigenvalue weighted by atomic mass is 9.99. The largest absolute Gasteiger partial charge is 0.333 e. The number of carbonyl (C=O) groups excluding carboxylic acids is 2. The second-order valence-electron chi connectivity index (χ2n) is 6.61. The van der Waals surface area contributed by atoms with Crippen molar-refractivity contribution in [3.05, 3.63) is 0 Å². The van der Waals surface area contributed by atoms with Gasteiger partial charge in [-0.2, -0.15) is 0 Å². The van der Waals surface area contributed by atoms with Crippen LogP contribution in [0.2, 0.25) is 0 Å². The normalized spacial score (nSPS) is 22.7. The van der Waals surface area contributed by atoms with E-state index in [0.717, 1.165) is 19.5 Å². The number of piperidine rings is 1. The summed E-state index contributed by atoms with van der Waals surface area (Å²) in [5.74, 6) is 0.392. The van der Waals surface area contributed by atoms with E-state index in [-0.39, 0.29) is 17.5 Å². The van der Waals surface area contributed by atoms with Crippen molar-refractivity contribution in [2.75, 3.05) is 13.1 Å². The Labute approximate surface area is 116 Å². The number of nitrogens with one attached hydrogen (secondary N) is 2. The van der Waals surface area contributed by atoms with Crippen LogP contribution in [0, 0.1) is 5.92 Å². The fourth-order valence-corrected chi connectivity index (χ4v) is 2.33. The van der Waals surface area contributed by atoms with Gasteiger partial charge in [-0.1, -0.05) is 6.92 Å². The van der Waals surface area contributed by atoms with Crippen LogP contribution in [0.1, 0.15) is 47.5 Å². The molecule has 19 heavy (non-hydrogen) atoms. The van der Waals surface area contributed by atoms with Crippen molar-refractivity contribution in [3.8, 4) is 0 Å². The molecule has 0 spiro atoms. The monoisotopic (exact) mass is 269 g/mol. The predicted octanol–water partition coefficient (Wildman–Crippen LogP) is 1.73. The van der Waals surface area contributed by atoms with Crippen LogP contribution in [-0.4, -0.2) is 41.5 Å². The summed E-state index contributed by atoms with van der Waals surface area (Å²) < 4.78 is 0. The molecule has 2 unspecified atom stereocenters. The summed E-state index contributed by atoms with van der Waals surface area (Å²) in [6.07, 6.45) is 2.34. The molecule has 1 saturated heterocycles. The van der Waals surface area contributed by atoms with E-state index >= 15 is 0 Å². The number of imide groups is 1. The molecule has 5 heteroatoms. The molecule has 0 aromatic heterocycles. The highest BCUT2D eigenvalue weighted by Gasteiger charge is 2.27. The van der Waals surface area contributed by atoms with Gasteiger partial charge in [0.05, 0.1) is 6.04 Å². The molecule has 0 aromatic carbocycles. The molecule has 5 nitrogen and oxygen atoms in total. The third-order valence-corrected chi connectivity index (χ3v) is 3.34. The predicted molar refractivity (Wildman–Crippen MR) is 75.9 cm³/mol. The van der Waals surface area contributed by atoms with Crippen LogP contribution in [0.3, 0.4) is 0 Å². The Morgan fingerprint density at radius 2 is 1.95 bits per heavy atom. The maximum atomic E-state index is 12.0. The molecular weight excluding hydrogens is 242 g/mol. The lowest BCUT2D eigenvalue weighted by molar-refractivity contribution is -0.125. The summed E-state index contributed by atoms with van der Waals surface area (Å²) in [5.41, 5.74) is -0.340. The topological polar surface area (TPSA) is 61.4 Å². The number of rotatable bonds is 2.